The molecule has 0 aliphatic heterocycles. The van der Waals surface area contributed by atoms with Crippen LogP contribution in [0.1, 0.15) is 24.1 Å². The van der Waals surface area contributed by atoms with Crippen LogP contribution < -0.4 is 14.2 Å². The van der Waals surface area contributed by atoms with Gasteiger partial charge < -0.3 is 19.1 Å². The molecule has 0 saturated heterocycles. The maximum atomic E-state index is 12.8. The second-order valence-corrected chi connectivity index (χ2v) is 6.90. The molecule has 0 radical (unpaired) electrons. The minimum atomic E-state index is -0.204. The molecule has 1 atom stereocenters. The Labute approximate surface area is 169 Å². The molecule has 0 heterocycles. The van der Waals surface area contributed by atoms with Gasteiger partial charge in [0.15, 0.2) is 11.5 Å². The molecule has 0 aromatic heterocycles. The maximum Gasteiger partial charge on any atom is 0.227 e. The van der Waals surface area contributed by atoms with Gasteiger partial charge in [0, 0.05) is 17.1 Å². The summed E-state index contributed by atoms with van der Waals surface area (Å²) in [6, 6.07) is 8.60. The van der Waals surface area contributed by atoms with Crippen LogP contribution in [0.25, 0.3) is 0 Å². The van der Waals surface area contributed by atoms with Crippen molar-refractivity contribution in [3.8, 4) is 17.2 Å². The highest BCUT2D eigenvalue weighted by atomic mass is 35.5. The second-order valence-electron chi connectivity index (χ2n) is 6.06. The number of benzene rings is 2. The third-order valence-corrected chi connectivity index (χ3v) is 5.03. The highest BCUT2D eigenvalue weighted by molar-refractivity contribution is 6.35. The highest BCUT2D eigenvalue weighted by Gasteiger charge is 2.21. The Morgan fingerprint density at radius 1 is 1.04 bits per heavy atom. The Hall–Kier alpha value is -2.11. The molecular formula is C20H23Cl2NO4. The van der Waals surface area contributed by atoms with Gasteiger partial charge in [-0.3, -0.25) is 4.79 Å². The van der Waals surface area contributed by atoms with E-state index in [0.717, 1.165) is 11.1 Å². The van der Waals surface area contributed by atoms with E-state index in [2.05, 4.69) is 0 Å². The lowest BCUT2D eigenvalue weighted by Gasteiger charge is -2.26. The number of carbonyl (C=O) groups excluding carboxylic acids is 1. The minimum absolute atomic E-state index is 0.0669. The van der Waals surface area contributed by atoms with E-state index < -0.39 is 0 Å². The molecule has 2 aromatic rings. The van der Waals surface area contributed by atoms with Gasteiger partial charge in [-0.2, -0.15) is 0 Å². The first-order chi connectivity index (χ1) is 12.8. The predicted molar refractivity (Wildman–Crippen MR) is 107 cm³/mol. The Bertz CT molecular complexity index is 801. The third-order valence-electron chi connectivity index (χ3n) is 4.47. The molecule has 0 spiro atoms. The molecule has 0 unspecified atom stereocenters. The van der Waals surface area contributed by atoms with Crippen molar-refractivity contribution in [3.05, 3.63) is 51.5 Å². The van der Waals surface area contributed by atoms with Crippen LogP contribution in [0.2, 0.25) is 10.0 Å². The lowest BCUT2D eigenvalue weighted by Crippen LogP contribution is -2.31. The molecule has 0 aliphatic rings. The van der Waals surface area contributed by atoms with Crippen molar-refractivity contribution in [2.45, 2.75) is 19.4 Å². The van der Waals surface area contributed by atoms with E-state index in [-0.39, 0.29) is 18.4 Å². The van der Waals surface area contributed by atoms with Gasteiger partial charge in [0.25, 0.3) is 0 Å². The average molecular weight is 412 g/mol. The molecule has 2 rings (SSSR count). The molecule has 146 valence electrons. The lowest BCUT2D eigenvalue weighted by atomic mass is 10.1. The first-order valence-corrected chi connectivity index (χ1v) is 9.07. The van der Waals surface area contributed by atoms with Crippen LogP contribution in [0.5, 0.6) is 17.2 Å². The zero-order chi connectivity index (χ0) is 20.1. The van der Waals surface area contributed by atoms with Crippen molar-refractivity contribution in [1.29, 1.82) is 0 Å². The smallest absolute Gasteiger partial charge is 0.227 e. The molecule has 0 N–H and O–H groups in total. The molecule has 27 heavy (non-hydrogen) atoms. The molecule has 0 saturated carbocycles. The van der Waals surface area contributed by atoms with Crippen molar-refractivity contribution in [2.24, 2.45) is 0 Å². The summed E-state index contributed by atoms with van der Waals surface area (Å²) in [4.78, 5) is 14.5. The Morgan fingerprint density at radius 2 is 1.63 bits per heavy atom. The van der Waals surface area contributed by atoms with Gasteiger partial charge in [-0.25, -0.2) is 0 Å². The summed E-state index contributed by atoms with van der Waals surface area (Å²) in [5.74, 6) is 1.45. The third kappa shape index (κ3) is 4.79. The summed E-state index contributed by atoms with van der Waals surface area (Å²) in [5, 5.41) is 1.09. The molecule has 1 amide bonds. The largest absolute Gasteiger partial charge is 0.493 e. The SMILES string of the molecule is COc1cc(CC(=O)N(C)[C@@H](C)c2ccc(Cl)cc2Cl)cc(OC)c1OC. The summed E-state index contributed by atoms with van der Waals surface area (Å²) >= 11 is 12.2. The fourth-order valence-corrected chi connectivity index (χ4v) is 3.37. The van der Waals surface area contributed by atoms with Gasteiger partial charge in [-0.05, 0) is 42.3 Å². The Balaban J connectivity index is 2.23. The van der Waals surface area contributed by atoms with Gasteiger partial charge in [-0.1, -0.05) is 29.3 Å². The second kappa shape index (κ2) is 9.20. The summed E-state index contributed by atoms with van der Waals surface area (Å²) in [7, 11) is 6.37. The number of rotatable bonds is 7. The zero-order valence-electron chi connectivity index (χ0n) is 16.0. The number of nitrogens with zero attached hydrogens (tertiary/aromatic N) is 1. The first kappa shape index (κ1) is 21.2. The fraction of sp³-hybridized carbons (Fsp3) is 0.350. The number of hydrogen-bond acceptors (Lipinski definition) is 4. The van der Waals surface area contributed by atoms with E-state index in [1.807, 2.05) is 13.0 Å². The van der Waals surface area contributed by atoms with Crippen molar-refractivity contribution < 1.29 is 19.0 Å². The Morgan fingerprint density at radius 3 is 2.11 bits per heavy atom. The summed E-state index contributed by atoms with van der Waals surface area (Å²) in [6.45, 7) is 1.92. The van der Waals surface area contributed by atoms with Crippen molar-refractivity contribution in [3.63, 3.8) is 0 Å². The van der Waals surface area contributed by atoms with Crippen molar-refractivity contribution in [2.75, 3.05) is 28.4 Å². The van der Waals surface area contributed by atoms with Crippen molar-refractivity contribution in [1.82, 2.24) is 4.90 Å². The zero-order valence-corrected chi connectivity index (χ0v) is 17.5. The summed E-state index contributed by atoms with van der Waals surface area (Å²) < 4.78 is 16.0. The van der Waals surface area contributed by atoms with Gasteiger partial charge >= 0.3 is 0 Å². The van der Waals surface area contributed by atoms with Crippen LogP contribution in [0.4, 0.5) is 0 Å². The van der Waals surface area contributed by atoms with Gasteiger partial charge in [-0.15, -0.1) is 0 Å². The molecule has 0 fully saturated rings. The summed E-state index contributed by atoms with van der Waals surface area (Å²) in [5.41, 5.74) is 1.59. The van der Waals surface area contributed by atoms with Gasteiger partial charge in [0.1, 0.15) is 0 Å². The molecule has 0 bridgehead atoms. The number of halogens is 2. The van der Waals surface area contributed by atoms with E-state index in [9.17, 15) is 4.79 Å². The van der Waals surface area contributed by atoms with Crippen LogP contribution in [-0.4, -0.2) is 39.2 Å². The monoisotopic (exact) mass is 411 g/mol. The van der Waals surface area contributed by atoms with E-state index in [0.29, 0.717) is 27.3 Å². The van der Waals surface area contributed by atoms with Crippen LogP contribution in [0.15, 0.2) is 30.3 Å². The molecular weight excluding hydrogens is 389 g/mol. The van der Waals surface area contributed by atoms with Crippen LogP contribution in [0.3, 0.4) is 0 Å². The number of likely N-dealkylation sites (N-methyl/N-ethyl adjacent to an activating group) is 1. The van der Waals surface area contributed by atoms with E-state index in [1.54, 1.807) is 50.4 Å². The highest BCUT2D eigenvalue weighted by Crippen LogP contribution is 2.38. The fourth-order valence-electron chi connectivity index (χ4n) is 2.80. The van der Waals surface area contributed by atoms with Crippen molar-refractivity contribution >= 4 is 29.1 Å². The first-order valence-electron chi connectivity index (χ1n) is 8.31. The van der Waals surface area contributed by atoms with E-state index in [1.165, 1.54) is 7.11 Å². The topological polar surface area (TPSA) is 48.0 Å². The van der Waals surface area contributed by atoms with Gasteiger partial charge in [0.2, 0.25) is 11.7 Å². The number of ether oxygens (including phenoxy) is 3. The number of amides is 1. The minimum Gasteiger partial charge on any atom is -0.493 e. The van der Waals surface area contributed by atoms with Gasteiger partial charge in [0.05, 0.1) is 33.8 Å². The van der Waals surface area contributed by atoms with Crippen LogP contribution in [0, 0.1) is 0 Å². The summed E-state index contributed by atoms with van der Waals surface area (Å²) in [6.07, 6.45) is 0.183. The maximum absolute atomic E-state index is 12.8. The molecule has 0 aliphatic carbocycles. The van der Waals surface area contributed by atoms with Crippen LogP contribution in [-0.2, 0) is 11.2 Å². The molecule has 5 nitrogen and oxygen atoms in total. The predicted octanol–water partition coefficient (Wildman–Crippen LogP) is 4.78. The average Bonchev–Trinajstić information content (AvgIpc) is 2.65. The Kier molecular flexibility index (Phi) is 7.22. The van der Waals surface area contributed by atoms with E-state index in [4.69, 9.17) is 37.4 Å². The number of carbonyl (C=O) groups is 1. The normalized spacial score (nSPS) is 11.7. The number of hydrogen-bond donors (Lipinski definition) is 0. The molecule has 7 heteroatoms. The van der Waals surface area contributed by atoms with Crippen LogP contribution >= 0.6 is 23.2 Å². The lowest BCUT2D eigenvalue weighted by molar-refractivity contribution is -0.131. The molecule has 2 aromatic carbocycles. The quantitative estimate of drug-likeness (QED) is 0.657. The standard InChI is InChI=1S/C20H23Cl2NO4/c1-12(15-7-6-14(21)11-16(15)22)23(2)19(24)10-13-8-17(25-3)20(27-5)18(9-13)26-4/h6-9,11-12H,10H2,1-5H3/t12-/m0/s1. The van der Waals surface area contributed by atoms with E-state index >= 15 is 0 Å². The number of methoxy groups -OCH3 is 3.